The zero-order chi connectivity index (χ0) is 21.7. The highest BCUT2D eigenvalue weighted by atomic mass is 16.2. The lowest BCUT2D eigenvalue weighted by Crippen LogP contribution is -2.58. The summed E-state index contributed by atoms with van der Waals surface area (Å²) in [6, 6.07) is 16.6. The van der Waals surface area contributed by atoms with Gasteiger partial charge >= 0.3 is 0 Å². The number of amides is 3. The smallest absolute Gasteiger partial charge is 0.247 e. The van der Waals surface area contributed by atoms with E-state index in [0.717, 1.165) is 22.6 Å². The minimum absolute atomic E-state index is 0.192. The van der Waals surface area contributed by atoms with Gasteiger partial charge in [0.15, 0.2) is 0 Å². The largest absolute Gasteiger partial charge is 0.305 e. The molecule has 1 atom stereocenters. The van der Waals surface area contributed by atoms with Gasteiger partial charge < -0.3 is 4.90 Å². The number of para-hydroxylation sites is 1. The van der Waals surface area contributed by atoms with Crippen LogP contribution in [0.5, 0.6) is 0 Å². The van der Waals surface area contributed by atoms with Gasteiger partial charge in [-0.2, -0.15) is 0 Å². The molecule has 2 heterocycles. The Morgan fingerprint density at radius 3 is 2.17 bits per heavy atom. The third kappa shape index (κ3) is 3.22. The van der Waals surface area contributed by atoms with Crippen molar-refractivity contribution in [2.45, 2.75) is 57.9 Å². The van der Waals surface area contributed by atoms with E-state index < -0.39 is 5.54 Å². The molecule has 3 amide bonds. The molecule has 0 radical (unpaired) electrons. The molecule has 2 aliphatic heterocycles. The number of aryl methyl sites for hydroxylation is 1. The van der Waals surface area contributed by atoms with E-state index in [1.165, 1.54) is 11.1 Å². The lowest BCUT2D eigenvalue weighted by molar-refractivity contribution is -0.142. The first-order valence-electron chi connectivity index (χ1n) is 10.5. The average Bonchev–Trinajstić information content (AvgIpc) is 2.99. The Bertz CT molecular complexity index is 1010. The number of likely N-dealkylation sites (tertiary alicyclic amines) is 1. The molecular formula is C25H28N2O3. The fourth-order valence-electron chi connectivity index (χ4n) is 5.16. The summed E-state index contributed by atoms with van der Waals surface area (Å²) in [5, 5.41) is 0. The Hall–Kier alpha value is -2.95. The van der Waals surface area contributed by atoms with Crippen molar-refractivity contribution in [3.05, 3.63) is 65.2 Å². The number of anilines is 1. The SMILES string of the molecule is Cc1ccc([C@]2(C)CC(C)(C)N(C(=O)CN3C(=O)CCC3=O)c3ccccc32)cc1. The van der Waals surface area contributed by atoms with Crippen LogP contribution >= 0.6 is 0 Å². The summed E-state index contributed by atoms with van der Waals surface area (Å²) in [4.78, 5) is 40.4. The highest BCUT2D eigenvalue weighted by Gasteiger charge is 2.48. The second kappa shape index (κ2) is 7.08. The Labute approximate surface area is 177 Å². The molecule has 156 valence electrons. The zero-order valence-electron chi connectivity index (χ0n) is 18.1. The summed E-state index contributed by atoms with van der Waals surface area (Å²) in [5.74, 6) is -0.746. The van der Waals surface area contributed by atoms with Crippen LogP contribution in [0, 0.1) is 6.92 Å². The monoisotopic (exact) mass is 404 g/mol. The first-order chi connectivity index (χ1) is 14.1. The van der Waals surface area contributed by atoms with Gasteiger partial charge in [0.25, 0.3) is 0 Å². The van der Waals surface area contributed by atoms with E-state index in [2.05, 4.69) is 58.0 Å². The standard InChI is InChI=1S/C25H28N2O3/c1-17-9-11-18(12-10-17)25(4)16-24(2,3)27(20-8-6-5-7-19(20)25)23(30)15-26-21(28)13-14-22(26)29/h5-12H,13-16H2,1-4H3/t25-/m0/s1. The number of rotatable bonds is 3. The molecule has 0 N–H and O–H groups in total. The number of carbonyl (C=O) groups is 3. The van der Waals surface area contributed by atoms with Crippen molar-refractivity contribution in [1.82, 2.24) is 4.90 Å². The molecule has 0 spiro atoms. The van der Waals surface area contributed by atoms with Crippen LogP contribution in [-0.2, 0) is 19.8 Å². The summed E-state index contributed by atoms with van der Waals surface area (Å²) in [5.41, 5.74) is 3.61. The summed E-state index contributed by atoms with van der Waals surface area (Å²) >= 11 is 0. The summed E-state index contributed by atoms with van der Waals surface area (Å²) in [6.07, 6.45) is 1.11. The van der Waals surface area contributed by atoms with Gasteiger partial charge in [-0.1, -0.05) is 55.0 Å². The summed E-state index contributed by atoms with van der Waals surface area (Å²) < 4.78 is 0. The van der Waals surface area contributed by atoms with Crippen LogP contribution in [0.15, 0.2) is 48.5 Å². The van der Waals surface area contributed by atoms with Crippen LogP contribution in [0.3, 0.4) is 0 Å². The molecule has 1 saturated heterocycles. The van der Waals surface area contributed by atoms with Crippen LogP contribution in [0.1, 0.15) is 56.7 Å². The Kier molecular flexibility index (Phi) is 4.80. The van der Waals surface area contributed by atoms with E-state index in [1.807, 2.05) is 18.2 Å². The lowest BCUT2D eigenvalue weighted by Gasteiger charge is -2.51. The van der Waals surface area contributed by atoms with E-state index in [1.54, 1.807) is 4.90 Å². The number of nitrogens with zero attached hydrogens (tertiary/aromatic N) is 2. The van der Waals surface area contributed by atoms with Crippen molar-refractivity contribution in [3.8, 4) is 0 Å². The Balaban J connectivity index is 1.77. The first-order valence-corrected chi connectivity index (χ1v) is 10.5. The van der Waals surface area contributed by atoms with Gasteiger partial charge in [0.05, 0.1) is 0 Å². The van der Waals surface area contributed by atoms with Gasteiger partial charge in [0.1, 0.15) is 6.54 Å². The summed E-state index contributed by atoms with van der Waals surface area (Å²) in [7, 11) is 0. The number of benzene rings is 2. The third-order valence-electron chi connectivity index (χ3n) is 6.52. The van der Waals surface area contributed by atoms with Crippen molar-refractivity contribution in [2.75, 3.05) is 11.4 Å². The van der Waals surface area contributed by atoms with Gasteiger partial charge in [-0.25, -0.2) is 0 Å². The quantitative estimate of drug-likeness (QED) is 0.728. The van der Waals surface area contributed by atoms with Crippen molar-refractivity contribution in [3.63, 3.8) is 0 Å². The van der Waals surface area contributed by atoms with Crippen LogP contribution in [0.25, 0.3) is 0 Å². The molecule has 0 saturated carbocycles. The van der Waals surface area contributed by atoms with Gasteiger partial charge in [-0.05, 0) is 44.4 Å². The normalized spacial score (nSPS) is 22.9. The van der Waals surface area contributed by atoms with Crippen LogP contribution in [-0.4, -0.2) is 34.7 Å². The minimum atomic E-state index is -0.489. The molecular weight excluding hydrogens is 376 g/mol. The average molecular weight is 405 g/mol. The Morgan fingerprint density at radius 1 is 0.933 bits per heavy atom. The number of carbonyl (C=O) groups excluding carboxylic acids is 3. The highest BCUT2D eigenvalue weighted by Crippen LogP contribution is 2.50. The number of fused-ring (bicyclic) bond motifs is 1. The van der Waals surface area contributed by atoms with E-state index in [0.29, 0.717) is 0 Å². The molecule has 2 aromatic carbocycles. The fourth-order valence-corrected chi connectivity index (χ4v) is 5.16. The maximum Gasteiger partial charge on any atom is 0.247 e. The third-order valence-corrected chi connectivity index (χ3v) is 6.52. The predicted octanol–water partition coefficient (Wildman–Crippen LogP) is 3.97. The maximum absolute atomic E-state index is 13.4. The predicted molar refractivity (Wildman–Crippen MR) is 116 cm³/mol. The molecule has 4 rings (SSSR count). The molecule has 0 unspecified atom stereocenters. The summed E-state index contributed by atoms with van der Waals surface area (Å²) in [6.45, 7) is 8.22. The van der Waals surface area contributed by atoms with Crippen LogP contribution in [0.4, 0.5) is 5.69 Å². The van der Waals surface area contributed by atoms with Crippen LogP contribution in [0.2, 0.25) is 0 Å². The van der Waals surface area contributed by atoms with E-state index in [4.69, 9.17) is 0 Å². The topological polar surface area (TPSA) is 57.7 Å². The minimum Gasteiger partial charge on any atom is -0.305 e. The van der Waals surface area contributed by atoms with Crippen molar-refractivity contribution < 1.29 is 14.4 Å². The number of hydrogen-bond donors (Lipinski definition) is 0. The Morgan fingerprint density at radius 2 is 1.53 bits per heavy atom. The van der Waals surface area contributed by atoms with E-state index in [9.17, 15) is 14.4 Å². The molecule has 0 aliphatic carbocycles. The van der Waals surface area contributed by atoms with Gasteiger partial charge in [0, 0.05) is 29.5 Å². The highest BCUT2D eigenvalue weighted by molar-refractivity contribution is 6.07. The van der Waals surface area contributed by atoms with Gasteiger partial charge in [-0.3, -0.25) is 19.3 Å². The van der Waals surface area contributed by atoms with E-state index >= 15 is 0 Å². The number of hydrogen-bond acceptors (Lipinski definition) is 3. The fraction of sp³-hybridized carbons (Fsp3) is 0.400. The molecule has 0 aromatic heterocycles. The molecule has 30 heavy (non-hydrogen) atoms. The van der Waals surface area contributed by atoms with Gasteiger partial charge in [-0.15, -0.1) is 0 Å². The molecule has 5 heteroatoms. The van der Waals surface area contributed by atoms with Crippen molar-refractivity contribution in [1.29, 1.82) is 0 Å². The molecule has 0 bridgehead atoms. The molecule has 2 aliphatic rings. The first kappa shape index (κ1) is 20.3. The van der Waals surface area contributed by atoms with Crippen LogP contribution < -0.4 is 4.90 Å². The second-order valence-electron chi connectivity index (χ2n) is 9.31. The lowest BCUT2D eigenvalue weighted by atomic mass is 9.65. The molecule has 1 fully saturated rings. The van der Waals surface area contributed by atoms with Gasteiger partial charge in [0.2, 0.25) is 17.7 Å². The van der Waals surface area contributed by atoms with Crippen molar-refractivity contribution >= 4 is 23.4 Å². The van der Waals surface area contributed by atoms with E-state index in [-0.39, 0.29) is 42.5 Å². The molecule has 5 nitrogen and oxygen atoms in total. The number of imide groups is 1. The van der Waals surface area contributed by atoms with Crippen molar-refractivity contribution in [2.24, 2.45) is 0 Å². The maximum atomic E-state index is 13.4. The second-order valence-corrected chi connectivity index (χ2v) is 9.31. The zero-order valence-corrected chi connectivity index (χ0v) is 18.1. The molecule has 2 aromatic rings.